The van der Waals surface area contributed by atoms with Crippen molar-refractivity contribution in [3.05, 3.63) is 82.9 Å². The zero-order chi connectivity index (χ0) is 31.5. The predicted octanol–water partition coefficient (Wildman–Crippen LogP) is 4.82. The number of rotatable bonds is 8. The van der Waals surface area contributed by atoms with Crippen molar-refractivity contribution < 1.29 is 46.9 Å². The van der Waals surface area contributed by atoms with Crippen molar-refractivity contribution in [3.8, 4) is 17.2 Å². The number of halogens is 2. The number of hydrogen-bond donors (Lipinski definition) is 2. The number of hydrogen-bond acceptors (Lipinski definition) is 8. The lowest BCUT2D eigenvalue weighted by atomic mass is 10.0. The largest absolute Gasteiger partial charge is 0.489 e. The van der Waals surface area contributed by atoms with Crippen molar-refractivity contribution in [2.45, 2.75) is 51.0 Å². The highest BCUT2D eigenvalue weighted by atomic mass is 19.1. The topological polar surface area (TPSA) is 132 Å². The van der Waals surface area contributed by atoms with Crippen LogP contribution in [0.1, 0.15) is 47.2 Å². The third-order valence-electron chi connectivity index (χ3n) is 7.77. The molecule has 3 aliphatic heterocycles. The first-order valence-electron chi connectivity index (χ1n) is 14.5. The van der Waals surface area contributed by atoms with Gasteiger partial charge in [0.2, 0.25) is 11.8 Å². The molecule has 0 saturated carbocycles. The molecule has 0 aliphatic carbocycles. The summed E-state index contributed by atoms with van der Waals surface area (Å²) in [6.07, 6.45) is 0.327. The highest BCUT2D eigenvalue weighted by Gasteiger charge is 2.41. The van der Waals surface area contributed by atoms with Gasteiger partial charge in [0.15, 0.2) is 5.82 Å². The average molecular weight is 622 g/mol. The van der Waals surface area contributed by atoms with Crippen molar-refractivity contribution in [2.75, 3.05) is 18.5 Å². The van der Waals surface area contributed by atoms with Gasteiger partial charge in [-0.25, -0.2) is 13.6 Å². The second kappa shape index (κ2) is 12.9. The highest BCUT2D eigenvalue weighted by molar-refractivity contribution is 6.06. The number of fused-ring (bicyclic) bond motifs is 1. The number of piperidine rings is 1. The highest BCUT2D eigenvalue weighted by Crippen LogP contribution is 2.38. The maximum atomic E-state index is 14.8. The van der Waals surface area contributed by atoms with E-state index in [1.165, 1.54) is 41.3 Å². The number of nitrogens with zero attached hydrogens (tertiary/aromatic N) is 1. The van der Waals surface area contributed by atoms with Gasteiger partial charge in [0.1, 0.15) is 41.8 Å². The van der Waals surface area contributed by atoms with E-state index in [9.17, 15) is 28.0 Å². The van der Waals surface area contributed by atoms with E-state index in [1.807, 2.05) is 0 Å². The van der Waals surface area contributed by atoms with Gasteiger partial charge in [-0.1, -0.05) is 12.1 Å². The number of carbonyl (C=O) groups is 4. The predicted molar refractivity (Wildman–Crippen MR) is 154 cm³/mol. The van der Waals surface area contributed by atoms with Gasteiger partial charge in [-0.3, -0.25) is 25.0 Å². The Labute approximate surface area is 256 Å². The van der Waals surface area contributed by atoms with Crippen molar-refractivity contribution >= 4 is 29.5 Å². The van der Waals surface area contributed by atoms with Gasteiger partial charge < -0.3 is 23.8 Å². The summed E-state index contributed by atoms with van der Waals surface area (Å²) >= 11 is 0. The molecule has 0 bridgehead atoms. The molecule has 2 N–H and O–H groups in total. The van der Waals surface area contributed by atoms with E-state index in [2.05, 4.69) is 10.6 Å². The fourth-order valence-electron chi connectivity index (χ4n) is 5.46. The minimum Gasteiger partial charge on any atom is -0.489 e. The fourth-order valence-corrected chi connectivity index (χ4v) is 5.46. The van der Waals surface area contributed by atoms with E-state index in [1.54, 1.807) is 12.1 Å². The fraction of sp³-hybridized carbons (Fsp3) is 0.312. The molecule has 11 nitrogen and oxygen atoms in total. The van der Waals surface area contributed by atoms with Crippen LogP contribution in [0.2, 0.25) is 0 Å². The Balaban J connectivity index is 1.16. The first-order chi connectivity index (χ1) is 21.7. The lowest BCUT2D eigenvalue weighted by Gasteiger charge is -2.29. The molecule has 0 aromatic heterocycles. The van der Waals surface area contributed by atoms with Gasteiger partial charge in [0.25, 0.3) is 5.91 Å². The average Bonchev–Trinajstić information content (AvgIpc) is 3.36. The lowest BCUT2D eigenvalue weighted by molar-refractivity contribution is -0.136. The van der Waals surface area contributed by atoms with E-state index in [0.717, 1.165) is 6.07 Å². The molecule has 45 heavy (non-hydrogen) atoms. The summed E-state index contributed by atoms with van der Waals surface area (Å²) in [5, 5.41) is 4.64. The van der Waals surface area contributed by atoms with E-state index >= 15 is 0 Å². The number of benzene rings is 3. The Hall–Kier alpha value is -5.04. The van der Waals surface area contributed by atoms with E-state index in [0.29, 0.717) is 42.9 Å². The van der Waals surface area contributed by atoms with Crippen LogP contribution in [0.3, 0.4) is 0 Å². The summed E-state index contributed by atoms with van der Waals surface area (Å²) in [7, 11) is 0. The summed E-state index contributed by atoms with van der Waals surface area (Å²) in [5.74, 6) is -1.85. The van der Waals surface area contributed by atoms with Crippen molar-refractivity contribution in [1.29, 1.82) is 0 Å². The minimum atomic E-state index is -0.949. The molecular formula is C32H29F2N3O8. The molecule has 6 rings (SSSR count). The molecule has 0 radical (unpaired) electrons. The lowest BCUT2D eigenvalue weighted by Crippen LogP contribution is -2.52. The molecule has 3 aliphatic rings. The van der Waals surface area contributed by atoms with Gasteiger partial charge >= 0.3 is 6.09 Å². The van der Waals surface area contributed by atoms with Crippen LogP contribution in [0.4, 0.5) is 19.3 Å². The van der Waals surface area contributed by atoms with Crippen LogP contribution in [0.25, 0.3) is 0 Å². The quantitative estimate of drug-likeness (QED) is 0.342. The van der Waals surface area contributed by atoms with Gasteiger partial charge in [0.05, 0.1) is 24.5 Å². The van der Waals surface area contributed by atoms with Gasteiger partial charge in [-0.2, -0.15) is 0 Å². The number of anilines is 1. The van der Waals surface area contributed by atoms with Crippen molar-refractivity contribution in [3.63, 3.8) is 0 Å². The molecule has 1 atom stereocenters. The van der Waals surface area contributed by atoms with E-state index in [4.69, 9.17) is 18.9 Å². The summed E-state index contributed by atoms with van der Waals surface area (Å²) in [6, 6.07) is 11.6. The molecule has 13 heteroatoms. The standard InChI is InChI=1S/C32H29F2N3O8/c33-20-3-5-21(6-4-20)44-23-7-8-25(24(34)15-23)35-32(41)43-17-19-2-1-18-16-37(26-9-10-27(38)36-30(26)39)31(40)28(18)29(19)45-22-11-13-42-14-12-22/h1-8,15,22,26H,9-14,16-17H2,(H,35,41)(H,36,38,39). The Morgan fingerprint density at radius 3 is 2.47 bits per heavy atom. The van der Waals surface area contributed by atoms with Crippen LogP contribution >= 0.6 is 0 Å². The summed E-state index contributed by atoms with van der Waals surface area (Å²) in [5.41, 5.74) is 1.17. The number of carbonyl (C=O) groups excluding carboxylic acids is 4. The third kappa shape index (κ3) is 6.73. The summed E-state index contributed by atoms with van der Waals surface area (Å²) in [4.78, 5) is 52.0. The number of imide groups is 1. The Morgan fingerprint density at radius 1 is 0.978 bits per heavy atom. The van der Waals surface area contributed by atoms with Crippen LogP contribution in [-0.2, 0) is 32.2 Å². The molecule has 2 fully saturated rings. The first kappa shape index (κ1) is 30.0. The molecule has 3 heterocycles. The van der Waals surface area contributed by atoms with E-state index in [-0.39, 0.29) is 60.8 Å². The van der Waals surface area contributed by atoms with Gasteiger partial charge in [0, 0.05) is 37.4 Å². The molecule has 234 valence electrons. The first-order valence-corrected chi connectivity index (χ1v) is 14.5. The van der Waals surface area contributed by atoms with E-state index < -0.39 is 35.6 Å². The molecule has 3 aromatic carbocycles. The smallest absolute Gasteiger partial charge is 0.412 e. The number of amides is 4. The van der Waals surface area contributed by atoms with Crippen LogP contribution in [0, 0.1) is 11.6 Å². The van der Waals surface area contributed by atoms with Crippen LogP contribution in [0.5, 0.6) is 17.2 Å². The SMILES string of the molecule is O=C1CCC(N2Cc3ccc(COC(=O)Nc4ccc(Oc5ccc(F)cc5)cc4F)c(OC4CCOCC4)c3C2=O)C(=O)N1. The normalized spacial score (nSPS) is 18.3. The second-order valence-corrected chi connectivity index (χ2v) is 10.8. The monoisotopic (exact) mass is 621 g/mol. The molecule has 2 saturated heterocycles. The Bertz CT molecular complexity index is 1640. The Kier molecular flexibility index (Phi) is 8.60. The minimum absolute atomic E-state index is 0.126. The molecule has 0 spiro atoms. The van der Waals surface area contributed by atoms with Gasteiger partial charge in [-0.15, -0.1) is 0 Å². The van der Waals surface area contributed by atoms with Crippen molar-refractivity contribution in [2.24, 2.45) is 0 Å². The molecule has 4 amide bonds. The second-order valence-electron chi connectivity index (χ2n) is 10.8. The molecular weight excluding hydrogens is 592 g/mol. The molecule has 1 unspecified atom stereocenters. The van der Waals surface area contributed by atoms with Crippen LogP contribution < -0.4 is 20.1 Å². The van der Waals surface area contributed by atoms with Crippen LogP contribution in [0.15, 0.2) is 54.6 Å². The number of nitrogens with one attached hydrogen (secondary N) is 2. The summed E-state index contributed by atoms with van der Waals surface area (Å²) < 4.78 is 50.6. The zero-order valence-corrected chi connectivity index (χ0v) is 24.0. The third-order valence-corrected chi connectivity index (χ3v) is 7.77. The maximum absolute atomic E-state index is 14.8. The summed E-state index contributed by atoms with van der Waals surface area (Å²) in [6.45, 7) is 0.843. The Morgan fingerprint density at radius 2 is 1.73 bits per heavy atom. The zero-order valence-electron chi connectivity index (χ0n) is 24.0. The maximum Gasteiger partial charge on any atom is 0.412 e. The van der Waals surface area contributed by atoms with Crippen molar-refractivity contribution in [1.82, 2.24) is 10.2 Å². The molecule has 3 aromatic rings. The van der Waals surface area contributed by atoms with Gasteiger partial charge in [-0.05, 0) is 48.4 Å². The van der Waals surface area contributed by atoms with Crippen LogP contribution in [-0.4, -0.2) is 54.1 Å². The number of ether oxygens (including phenoxy) is 4.